The Morgan fingerprint density at radius 1 is 1.24 bits per heavy atom. The van der Waals surface area contributed by atoms with Crippen LogP contribution >= 0.6 is 0 Å². The molecule has 1 aromatic carbocycles. The Morgan fingerprint density at radius 2 is 1.88 bits per heavy atom. The van der Waals surface area contributed by atoms with Crippen molar-refractivity contribution in [1.82, 2.24) is 9.78 Å². The van der Waals surface area contributed by atoms with Gasteiger partial charge in [0.15, 0.2) is 0 Å². The van der Waals surface area contributed by atoms with Crippen LogP contribution in [-0.2, 0) is 5.41 Å². The van der Waals surface area contributed by atoms with Gasteiger partial charge in [0, 0.05) is 11.6 Å². The Kier molecular flexibility index (Phi) is 3.03. The van der Waals surface area contributed by atoms with Gasteiger partial charge in [-0.3, -0.25) is 0 Å². The van der Waals surface area contributed by atoms with Crippen LogP contribution in [0.15, 0.2) is 36.7 Å². The molecule has 3 heteroatoms. The van der Waals surface area contributed by atoms with Crippen LogP contribution in [0, 0.1) is 6.92 Å². The van der Waals surface area contributed by atoms with Crippen LogP contribution in [0.2, 0.25) is 0 Å². The largest absolute Gasteiger partial charge is 0.395 e. The summed E-state index contributed by atoms with van der Waals surface area (Å²) in [5.41, 5.74) is 3.12. The van der Waals surface area contributed by atoms with E-state index in [1.807, 2.05) is 62.1 Å². The molecule has 0 bridgehead atoms. The first-order valence-electron chi connectivity index (χ1n) is 5.76. The van der Waals surface area contributed by atoms with Crippen molar-refractivity contribution in [1.29, 1.82) is 0 Å². The van der Waals surface area contributed by atoms with Crippen LogP contribution in [0.3, 0.4) is 0 Å². The van der Waals surface area contributed by atoms with Crippen LogP contribution in [0.25, 0.3) is 5.69 Å². The Hall–Kier alpha value is -1.61. The lowest BCUT2D eigenvalue weighted by Crippen LogP contribution is -2.21. The molecule has 0 amide bonds. The van der Waals surface area contributed by atoms with Crippen molar-refractivity contribution in [3.8, 4) is 5.69 Å². The molecule has 0 spiro atoms. The van der Waals surface area contributed by atoms with Crippen molar-refractivity contribution < 1.29 is 5.11 Å². The minimum Gasteiger partial charge on any atom is -0.395 e. The number of benzene rings is 1. The molecule has 0 aliphatic heterocycles. The van der Waals surface area contributed by atoms with Crippen LogP contribution in [0.5, 0.6) is 0 Å². The van der Waals surface area contributed by atoms with Gasteiger partial charge in [-0.05, 0) is 30.2 Å². The van der Waals surface area contributed by atoms with Gasteiger partial charge >= 0.3 is 0 Å². The fourth-order valence-corrected chi connectivity index (χ4v) is 1.71. The number of nitrogens with zero attached hydrogens (tertiary/aromatic N) is 2. The van der Waals surface area contributed by atoms with Gasteiger partial charge in [0.2, 0.25) is 0 Å². The Bertz CT molecular complexity index is 497. The van der Waals surface area contributed by atoms with E-state index < -0.39 is 0 Å². The Labute approximate surface area is 102 Å². The van der Waals surface area contributed by atoms with Gasteiger partial charge in [-0.15, -0.1) is 0 Å². The second-order valence-corrected chi connectivity index (χ2v) is 5.05. The van der Waals surface area contributed by atoms with E-state index in [1.54, 1.807) is 0 Å². The molecule has 1 N–H and O–H groups in total. The number of hydrogen-bond acceptors (Lipinski definition) is 2. The highest BCUT2D eigenvalue weighted by Crippen LogP contribution is 2.23. The van der Waals surface area contributed by atoms with Gasteiger partial charge in [0.1, 0.15) is 0 Å². The van der Waals surface area contributed by atoms with Gasteiger partial charge < -0.3 is 5.11 Å². The third-order valence-electron chi connectivity index (χ3n) is 3.02. The molecule has 2 rings (SSSR count). The van der Waals surface area contributed by atoms with Gasteiger partial charge in [-0.1, -0.05) is 26.0 Å². The van der Waals surface area contributed by atoms with E-state index in [9.17, 15) is 5.11 Å². The molecule has 1 heterocycles. The van der Waals surface area contributed by atoms with Gasteiger partial charge in [0.25, 0.3) is 0 Å². The molecule has 0 aliphatic rings. The summed E-state index contributed by atoms with van der Waals surface area (Å²) in [6.45, 7) is 6.22. The second-order valence-electron chi connectivity index (χ2n) is 5.05. The summed E-state index contributed by atoms with van der Waals surface area (Å²) >= 11 is 0. The predicted octanol–water partition coefficient (Wildman–Crippen LogP) is 2.45. The number of rotatable bonds is 3. The normalized spacial score (nSPS) is 11.8. The van der Waals surface area contributed by atoms with E-state index in [2.05, 4.69) is 5.10 Å². The first-order valence-corrected chi connectivity index (χ1v) is 5.76. The summed E-state index contributed by atoms with van der Waals surface area (Å²) in [6, 6.07) is 8.14. The summed E-state index contributed by atoms with van der Waals surface area (Å²) in [5, 5.41) is 13.6. The van der Waals surface area contributed by atoms with E-state index in [4.69, 9.17) is 0 Å². The van der Waals surface area contributed by atoms with Crippen molar-refractivity contribution in [2.45, 2.75) is 26.2 Å². The molecular weight excluding hydrogens is 212 g/mol. The lowest BCUT2D eigenvalue weighted by molar-refractivity contribution is 0.218. The number of hydrogen-bond donors (Lipinski definition) is 1. The van der Waals surface area contributed by atoms with E-state index in [0.29, 0.717) is 0 Å². The summed E-state index contributed by atoms with van der Waals surface area (Å²) in [6.07, 6.45) is 3.83. The molecule has 2 aromatic rings. The molecule has 1 aromatic heterocycles. The molecule has 3 nitrogen and oxygen atoms in total. The van der Waals surface area contributed by atoms with Crippen molar-refractivity contribution in [3.63, 3.8) is 0 Å². The molecule has 17 heavy (non-hydrogen) atoms. The van der Waals surface area contributed by atoms with Gasteiger partial charge in [0.05, 0.1) is 18.5 Å². The summed E-state index contributed by atoms with van der Waals surface area (Å²) in [7, 11) is 0. The van der Waals surface area contributed by atoms with Gasteiger partial charge in [-0.2, -0.15) is 5.10 Å². The van der Waals surface area contributed by atoms with Crippen molar-refractivity contribution >= 4 is 0 Å². The van der Waals surface area contributed by atoms with E-state index >= 15 is 0 Å². The second kappa shape index (κ2) is 4.34. The van der Waals surface area contributed by atoms with Crippen molar-refractivity contribution in [3.05, 3.63) is 47.8 Å². The first kappa shape index (κ1) is 11.9. The number of aliphatic hydroxyl groups is 1. The Morgan fingerprint density at radius 3 is 2.35 bits per heavy atom. The quantitative estimate of drug-likeness (QED) is 0.879. The number of aliphatic hydroxyl groups excluding tert-OH is 1. The molecule has 0 unspecified atom stereocenters. The maximum absolute atomic E-state index is 9.32. The zero-order valence-corrected chi connectivity index (χ0v) is 10.5. The smallest absolute Gasteiger partial charge is 0.0645 e. The number of aryl methyl sites for hydroxylation is 1. The zero-order chi connectivity index (χ0) is 12.5. The Balaban J connectivity index is 2.30. The van der Waals surface area contributed by atoms with Gasteiger partial charge in [-0.25, -0.2) is 4.68 Å². The zero-order valence-electron chi connectivity index (χ0n) is 10.5. The summed E-state index contributed by atoms with van der Waals surface area (Å²) < 4.78 is 1.85. The molecule has 0 radical (unpaired) electrons. The van der Waals surface area contributed by atoms with Crippen molar-refractivity contribution in [2.24, 2.45) is 0 Å². The molecular formula is C14H18N2O. The highest BCUT2D eigenvalue weighted by molar-refractivity contribution is 5.37. The van der Waals surface area contributed by atoms with Crippen LogP contribution in [-0.4, -0.2) is 21.5 Å². The molecule has 0 saturated heterocycles. The predicted molar refractivity (Wildman–Crippen MR) is 68.4 cm³/mol. The maximum Gasteiger partial charge on any atom is 0.0645 e. The van der Waals surface area contributed by atoms with E-state index in [0.717, 1.165) is 16.8 Å². The molecule has 90 valence electrons. The molecule has 0 atom stereocenters. The van der Waals surface area contributed by atoms with E-state index in [1.165, 1.54) is 0 Å². The van der Waals surface area contributed by atoms with Crippen LogP contribution < -0.4 is 0 Å². The maximum atomic E-state index is 9.32. The standard InChI is InChI=1S/C14H18N2O/c1-11-8-15-16(9-11)13-6-4-12(5-7-13)14(2,3)10-17/h4-9,17H,10H2,1-3H3. The van der Waals surface area contributed by atoms with Crippen LogP contribution in [0.4, 0.5) is 0 Å². The lowest BCUT2D eigenvalue weighted by Gasteiger charge is -2.22. The van der Waals surface area contributed by atoms with Crippen LogP contribution in [0.1, 0.15) is 25.0 Å². The highest BCUT2D eigenvalue weighted by atomic mass is 16.3. The minimum absolute atomic E-state index is 0.146. The first-order chi connectivity index (χ1) is 8.03. The highest BCUT2D eigenvalue weighted by Gasteiger charge is 2.18. The summed E-state index contributed by atoms with van der Waals surface area (Å²) in [5.74, 6) is 0. The molecule has 0 aliphatic carbocycles. The number of aromatic nitrogens is 2. The molecule has 0 saturated carbocycles. The average Bonchev–Trinajstić information content (AvgIpc) is 2.76. The lowest BCUT2D eigenvalue weighted by atomic mass is 9.86. The van der Waals surface area contributed by atoms with E-state index in [-0.39, 0.29) is 12.0 Å². The molecule has 0 fully saturated rings. The SMILES string of the molecule is Cc1cnn(-c2ccc(C(C)(C)CO)cc2)c1. The third-order valence-corrected chi connectivity index (χ3v) is 3.02. The third kappa shape index (κ3) is 2.39. The minimum atomic E-state index is -0.196. The summed E-state index contributed by atoms with van der Waals surface area (Å²) in [4.78, 5) is 0. The van der Waals surface area contributed by atoms with Crippen molar-refractivity contribution in [2.75, 3.05) is 6.61 Å². The fraction of sp³-hybridized carbons (Fsp3) is 0.357. The fourth-order valence-electron chi connectivity index (χ4n) is 1.71. The average molecular weight is 230 g/mol. The monoisotopic (exact) mass is 230 g/mol. The topological polar surface area (TPSA) is 38.0 Å².